The van der Waals surface area contributed by atoms with Crippen LogP contribution in [-0.4, -0.2) is 31.2 Å². The minimum atomic E-state index is -0.0226. The third kappa shape index (κ3) is 3.35. The van der Waals surface area contributed by atoms with Crippen molar-refractivity contribution in [2.75, 3.05) is 14.1 Å². The highest BCUT2D eigenvalue weighted by molar-refractivity contribution is 5.94. The quantitative estimate of drug-likeness (QED) is 0.723. The first-order valence-electron chi connectivity index (χ1n) is 5.07. The Hall–Kier alpha value is -1.90. The number of allylic oxidation sites excluding steroid dienone is 1. The maximum absolute atomic E-state index is 11.7. The number of hydrogen-bond donors (Lipinski definition) is 0. The van der Waals surface area contributed by atoms with Gasteiger partial charge in [0.25, 0.3) is 5.91 Å². The van der Waals surface area contributed by atoms with Crippen LogP contribution in [0.3, 0.4) is 0 Å². The molecule has 1 amide bonds. The molecule has 0 aliphatic carbocycles. The standard InChI is InChI=1S/C13H15NO2/c1-14(2)13(16)12-8-5-7-11(10-12)6-3-4-9-15/h3,5-10H,4H2,1-2H3. The summed E-state index contributed by atoms with van der Waals surface area (Å²) in [5.74, 6) is -0.0226. The molecule has 0 spiro atoms. The van der Waals surface area contributed by atoms with Crippen LogP contribution in [0.1, 0.15) is 22.3 Å². The summed E-state index contributed by atoms with van der Waals surface area (Å²) >= 11 is 0. The Morgan fingerprint density at radius 3 is 2.75 bits per heavy atom. The molecule has 0 heterocycles. The highest BCUT2D eigenvalue weighted by Gasteiger charge is 2.06. The van der Waals surface area contributed by atoms with Gasteiger partial charge in [0.15, 0.2) is 0 Å². The number of hydrogen-bond acceptors (Lipinski definition) is 2. The minimum absolute atomic E-state index is 0.0226. The highest BCUT2D eigenvalue weighted by Crippen LogP contribution is 2.09. The largest absolute Gasteiger partial charge is 0.345 e. The lowest BCUT2D eigenvalue weighted by molar-refractivity contribution is -0.107. The molecule has 0 aliphatic rings. The molecule has 1 rings (SSSR count). The Kier molecular flexibility index (Phi) is 4.45. The topological polar surface area (TPSA) is 37.4 Å². The average Bonchev–Trinajstić information content (AvgIpc) is 2.29. The van der Waals surface area contributed by atoms with Gasteiger partial charge in [0.1, 0.15) is 6.29 Å². The fourth-order valence-electron chi connectivity index (χ4n) is 1.29. The van der Waals surface area contributed by atoms with Crippen molar-refractivity contribution in [3.05, 3.63) is 41.5 Å². The second-order valence-electron chi connectivity index (χ2n) is 3.63. The summed E-state index contributed by atoms with van der Waals surface area (Å²) in [5.41, 5.74) is 1.58. The Labute approximate surface area is 95.4 Å². The number of nitrogens with zero attached hydrogens (tertiary/aromatic N) is 1. The van der Waals surface area contributed by atoms with Crippen molar-refractivity contribution >= 4 is 18.3 Å². The van der Waals surface area contributed by atoms with Crippen LogP contribution >= 0.6 is 0 Å². The number of carbonyl (C=O) groups excluding carboxylic acids is 2. The van der Waals surface area contributed by atoms with Gasteiger partial charge in [-0.2, -0.15) is 0 Å². The molecule has 84 valence electrons. The number of benzene rings is 1. The van der Waals surface area contributed by atoms with E-state index in [0.29, 0.717) is 12.0 Å². The first kappa shape index (κ1) is 12.2. The molecule has 0 saturated carbocycles. The Morgan fingerprint density at radius 2 is 2.12 bits per heavy atom. The molecule has 0 radical (unpaired) electrons. The number of amides is 1. The van der Waals surface area contributed by atoms with Crippen LogP contribution in [-0.2, 0) is 4.79 Å². The van der Waals surface area contributed by atoms with Gasteiger partial charge >= 0.3 is 0 Å². The molecule has 0 atom stereocenters. The van der Waals surface area contributed by atoms with Gasteiger partial charge in [0, 0.05) is 26.1 Å². The Bertz CT molecular complexity index is 408. The Morgan fingerprint density at radius 1 is 1.38 bits per heavy atom. The van der Waals surface area contributed by atoms with Crippen molar-refractivity contribution in [1.29, 1.82) is 0 Å². The fourth-order valence-corrected chi connectivity index (χ4v) is 1.29. The SMILES string of the molecule is CN(C)C(=O)c1cccc(C=CCC=O)c1. The van der Waals surface area contributed by atoms with E-state index in [9.17, 15) is 9.59 Å². The number of rotatable bonds is 4. The molecule has 0 bridgehead atoms. The summed E-state index contributed by atoms with van der Waals surface area (Å²) < 4.78 is 0. The van der Waals surface area contributed by atoms with Gasteiger partial charge in [-0.05, 0) is 17.7 Å². The van der Waals surface area contributed by atoms with Crippen molar-refractivity contribution in [2.24, 2.45) is 0 Å². The molecular formula is C13H15NO2. The van der Waals surface area contributed by atoms with Crippen molar-refractivity contribution in [3.63, 3.8) is 0 Å². The van der Waals surface area contributed by atoms with Crippen LogP contribution in [0, 0.1) is 0 Å². The molecular weight excluding hydrogens is 202 g/mol. The molecule has 0 aromatic heterocycles. The van der Waals surface area contributed by atoms with E-state index in [4.69, 9.17) is 0 Å². The smallest absolute Gasteiger partial charge is 0.253 e. The van der Waals surface area contributed by atoms with Gasteiger partial charge in [0.2, 0.25) is 0 Å². The summed E-state index contributed by atoms with van der Waals surface area (Å²) in [6.07, 6.45) is 4.84. The summed E-state index contributed by atoms with van der Waals surface area (Å²) in [5, 5.41) is 0. The summed E-state index contributed by atoms with van der Waals surface area (Å²) in [6.45, 7) is 0. The minimum Gasteiger partial charge on any atom is -0.345 e. The van der Waals surface area contributed by atoms with E-state index in [2.05, 4.69) is 0 Å². The van der Waals surface area contributed by atoms with Crippen LogP contribution in [0.25, 0.3) is 6.08 Å². The molecule has 0 N–H and O–H groups in total. The van der Waals surface area contributed by atoms with E-state index in [-0.39, 0.29) is 5.91 Å². The summed E-state index contributed by atoms with van der Waals surface area (Å²) in [6, 6.07) is 7.31. The number of carbonyl (C=O) groups is 2. The monoisotopic (exact) mass is 217 g/mol. The molecule has 16 heavy (non-hydrogen) atoms. The maximum atomic E-state index is 11.7. The van der Waals surface area contributed by atoms with Gasteiger partial charge < -0.3 is 9.69 Å². The van der Waals surface area contributed by atoms with E-state index < -0.39 is 0 Å². The Balaban J connectivity index is 2.86. The van der Waals surface area contributed by atoms with Crippen molar-refractivity contribution in [2.45, 2.75) is 6.42 Å². The predicted molar refractivity (Wildman–Crippen MR) is 64.2 cm³/mol. The first-order valence-corrected chi connectivity index (χ1v) is 5.07. The molecule has 1 aromatic rings. The van der Waals surface area contributed by atoms with Gasteiger partial charge in [-0.1, -0.05) is 24.3 Å². The molecule has 3 heteroatoms. The van der Waals surface area contributed by atoms with Crippen LogP contribution in [0.5, 0.6) is 0 Å². The summed E-state index contributed by atoms with van der Waals surface area (Å²) in [4.78, 5) is 23.4. The van der Waals surface area contributed by atoms with E-state index >= 15 is 0 Å². The van der Waals surface area contributed by atoms with Crippen LogP contribution < -0.4 is 0 Å². The van der Waals surface area contributed by atoms with Crippen LogP contribution in [0.15, 0.2) is 30.3 Å². The van der Waals surface area contributed by atoms with E-state index in [0.717, 1.165) is 11.8 Å². The van der Waals surface area contributed by atoms with Crippen LogP contribution in [0.4, 0.5) is 0 Å². The lowest BCUT2D eigenvalue weighted by atomic mass is 10.1. The zero-order chi connectivity index (χ0) is 12.0. The van der Waals surface area contributed by atoms with Gasteiger partial charge in [0.05, 0.1) is 0 Å². The van der Waals surface area contributed by atoms with Crippen molar-refractivity contribution in [1.82, 2.24) is 4.90 Å². The zero-order valence-corrected chi connectivity index (χ0v) is 9.51. The predicted octanol–water partition coefficient (Wildman–Crippen LogP) is 1.99. The summed E-state index contributed by atoms with van der Waals surface area (Å²) in [7, 11) is 3.44. The molecule has 3 nitrogen and oxygen atoms in total. The lowest BCUT2D eigenvalue weighted by Crippen LogP contribution is -2.21. The van der Waals surface area contributed by atoms with Gasteiger partial charge in [-0.3, -0.25) is 4.79 Å². The van der Waals surface area contributed by atoms with E-state index in [1.807, 2.05) is 24.3 Å². The molecule has 0 saturated heterocycles. The zero-order valence-electron chi connectivity index (χ0n) is 9.51. The molecule has 1 aromatic carbocycles. The van der Waals surface area contributed by atoms with Crippen molar-refractivity contribution in [3.8, 4) is 0 Å². The number of aldehydes is 1. The lowest BCUT2D eigenvalue weighted by Gasteiger charge is -2.10. The molecule has 0 fully saturated rings. The maximum Gasteiger partial charge on any atom is 0.253 e. The first-order chi connectivity index (χ1) is 7.65. The normalized spacial score (nSPS) is 10.4. The molecule has 0 unspecified atom stereocenters. The van der Waals surface area contributed by atoms with Crippen LogP contribution in [0.2, 0.25) is 0 Å². The van der Waals surface area contributed by atoms with Gasteiger partial charge in [-0.25, -0.2) is 0 Å². The average molecular weight is 217 g/mol. The second kappa shape index (κ2) is 5.85. The van der Waals surface area contributed by atoms with E-state index in [1.54, 1.807) is 26.2 Å². The third-order valence-electron chi connectivity index (χ3n) is 2.08. The van der Waals surface area contributed by atoms with E-state index in [1.165, 1.54) is 4.90 Å². The van der Waals surface area contributed by atoms with Crippen molar-refractivity contribution < 1.29 is 9.59 Å². The molecule has 0 aliphatic heterocycles. The van der Waals surface area contributed by atoms with Gasteiger partial charge in [-0.15, -0.1) is 0 Å². The highest BCUT2D eigenvalue weighted by atomic mass is 16.2. The fraction of sp³-hybridized carbons (Fsp3) is 0.231. The second-order valence-corrected chi connectivity index (χ2v) is 3.63. The third-order valence-corrected chi connectivity index (χ3v) is 2.08.